The summed E-state index contributed by atoms with van der Waals surface area (Å²) in [5.74, 6) is -2.58. The topological polar surface area (TPSA) is 147 Å². The minimum Gasteiger partial charge on any atom is -0.463 e. The minimum absolute atomic E-state index is 0.0339. The third-order valence-electron chi connectivity index (χ3n) is 9.89. The van der Waals surface area contributed by atoms with E-state index in [0.29, 0.717) is 24.9 Å². The SMILES string of the molecule is CO[C@]1(C)C[C@@H](C)CN(C)[C@H](/C=C/COS(C)(=O)=O)COC(=O)C(C)(C)C(=O)[C@H](C)[C@H]1O[C@@H]1O[C@H](C)C[C@H](N(C)C)[C@H]1OC(=O)c1ccccc1. The molecule has 2 fully saturated rings. The van der Waals surface area contributed by atoms with Crippen LogP contribution in [0.2, 0.25) is 0 Å². The number of ketones is 1. The number of carbonyl (C=O) groups is 3. The number of ether oxygens (including phenoxy) is 5. The van der Waals surface area contributed by atoms with E-state index in [2.05, 4.69) is 0 Å². The Bertz CT molecular complexity index is 1470. The summed E-state index contributed by atoms with van der Waals surface area (Å²) in [6, 6.07) is 7.98. The van der Waals surface area contributed by atoms with Gasteiger partial charge >= 0.3 is 11.9 Å². The molecule has 288 valence electrons. The van der Waals surface area contributed by atoms with Crippen LogP contribution in [0.4, 0.5) is 0 Å². The molecular formula is C37H58N2O11S. The first-order chi connectivity index (χ1) is 23.7. The maximum absolute atomic E-state index is 14.4. The van der Waals surface area contributed by atoms with Crippen molar-refractivity contribution in [2.24, 2.45) is 17.3 Å². The van der Waals surface area contributed by atoms with E-state index in [9.17, 15) is 22.8 Å². The molecule has 0 spiro atoms. The van der Waals surface area contributed by atoms with Gasteiger partial charge in [0.15, 0.2) is 18.2 Å². The van der Waals surface area contributed by atoms with Crippen molar-refractivity contribution in [3.63, 3.8) is 0 Å². The van der Waals surface area contributed by atoms with Crippen molar-refractivity contribution in [1.82, 2.24) is 9.80 Å². The molecule has 0 aliphatic carbocycles. The molecule has 51 heavy (non-hydrogen) atoms. The molecule has 0 radical (unpaired) electrons. The Kier molecular flexibility index (Phi) is 15.0. The molecule has 9 atom stereocenters. The van der Waals surface area contributed by atoms with E-state index in [1.807, 2.05) is 57.8 Å². The molecule has 2 saturated heterocycles. The number of rotatable bonds is 10. The van der Waals surface area contributed by atoms with Crippen molar-refractivity contribution < 1.29 is 50.7 Å². The second-order valence-electron chi connectivity index (χ2n) is 15.0. The molecule has 2 aliphatic rings. The molecule has 1 aromatic carbocycles. The lowest BCUT2D eigenvalue weighted by Crippen LogP contribution is -2.60. The van der Waals surface area contributed by atoms with E-state index in [1.165, 1.54) is 13.8 Å². The van der Waals surface area contributed by atoms with Gasteiger partial charge in [0.05, 0.1) is 48.3 Å². The summed E-state index contributed by atoms with van der Waals surface area (Å²) in [6.45, 7) is 10.9. The third-order valence-corrected chi connectivity index (χ3v) is 10.5. The standard InChI is InChI=1S/C37H58N2O11S/c1-24-21-37(6,45-10)32(50-34-30(29(38(7)8)20-25(2)48-34)49-33(41)27-16-13-12-14-17-27)26(3)31(40)36(4,5)35(42)46-23-28(39(9)22-24)18-15-19-47-51(11,43)44/h12-18,24-26,28-30,32,34H,19-23H2,1-11H3/b18-15+/t24-,25-,26+,28-,29+,30-,32-,34+,37-/m1/s1. The Balaban J connectivity index is 2.04. The smallest absolute Gasteiger partial charge is 0.338 e. The number of esters is 2. The van der Waals surface area contributed by atoms with Crippen LogP contribution < -0.4 is 0 Å². The van der Waals surface area contributed by atoms with Gasteiger partial charge in [0.2, 0.25) is 0 Å². The number of hydrogen-bond acceptors (Lipinski definition) is 13. The van der Waals surface area contributed by atoms with E-state index in [1.54, 1.807) is 50.5 Å². The fourth-order valence-electron chi connectivity index (χ4n) is 7.02. The van der Waals surface area contributed by atoms with Crippen molar-refractivity contribution in [3.8, 4) is 0 Å². The predicted octanol–water partition coefficient (Wildman–Crippen LogP) is 3.71. The number of carbonyl (C=O) groups excluding carboxylic acids is 3. The highest BCUT2D eigenvalue weighted by Gasteiger charge is 2.52. The monoisotopic (exact) mass is 738 g/mol. The van der Waals surface area contributed by atoms with E-state index < -0.39 is 69.3 Å². The molecule has 0 aromatic heterocycles. The fourth-order valence-corrected chi connectivity index (χ4v) is 7.35. The lowest BCUT2D eigenvalue weighted by molar-refractivity contribution is -0.295. The van der Waals surface area contributed by atoms with E-state index in [0.717, 1.165) is 6.26 Å². The van der Waals surface area contributed by atoms with Gasteiger partial charge in [0, 0.05) is 19.6 Å². The number of methoxy groups -OCH3 is 1. The lowest BCUT2D eigenvalue weighted by atomic mass is 9.74. The second-order valence-corrected chi connectivity index (χ2v) is 16.6. The van der Waals surface area contributed by atoms with Crippen LogP contribution in [0.25, 0.3) is 0 Å². The Morgan fingerprint density at radius 3 is 2.33 bits per heavy atom. The highest BCUT2D eigenvalue weighted by atomic mass is 32.2. The van der Waals surface area contributed by atoms with Gasteiger partial charge in [-0.05, 0) is 79.7 Å². The summed E-state index contributed by atoms with van der Waals surface area (Å²) in [5.41, 5.74) is -2.27. The Hall–Kier alpha value is -2.72. The van der Waals surface area contributed by atoms with Gasteiger partial charge in [-0.1, -0.05) is 44.2 Å². The molecule has 3 rings (SSSR count). The van der Waals surface area contributed by atoms with Crippen LogP contribution in [0.15, 0.2) is 42.5 Å². The normalized spacial score (nSPS) is 33.3. The van der Waals surface area contributed by atoms with Crippen molar-refractivity contribution in [1.29, 1.82) is 0 Å². The number of benzene rings is 1. The number of likely N-dealkylation sites (N-methyl/N-ethyl adjacent to an activating group) is 2. The average Bonchev–Trinajstić information content (AvgIpc) is 3.05. The largest absolute Gasteiger partial charge is 0.463 e. The second kappa shape index (κ2) is 17.9. The lowest BCUT2D eigenvalue weighted by Gasteiger charge is -2.47. The molecule has 14 heteroatoms. The Morgan fingerprint density at radius 1 is 1.10 bits per heavy atom. The highest BCUT2D eigenvalue weighted by molar-refractivity contribution is 7.86. The summed E-state index contributed by atoms with van der Waals surface area (Å²) in [7, 11) is 3.61. The zero-order valence-corrected chi connectivity index (χ0v) is 32.8. The summed E-state index contributed by atoms with van der Waals surface area (Å²) >= 11 is 0. The van der Waals surface area contributed by atoms with Crippen LogP contribution >= 0.6 is 0 Å². The first-order valence-corrected chi connectivity index (χ1v) is 19.2. The van der Waals surface area contributed by atoms with E-state index in [4.69, 9.17) is 27.9 Å². The molecule has 0 amide bonds. The van der Waals surface area contributed by atoms with Gasteiger partial charge in [-0.15, -0.1) is 0 Å². The predicted molar refractivity (Wildman–Crippen MR) is 191 cm³/mol. The zero-order valence-electron chi connectivity index (χ0n) is 32.0. The van der Waals surface area contributed by atoms with Crippen molar-refractivity contribution in [2.45, 2.75) is 96.7 Å². The summed E-state index contributed by atoms with van der Waals surface area (Å²) in [6.07, 6.45) is 2.11. The number of Topliss-reactive ketones (excluding diaryl/α,β-unsaturated/α-hetero) is 1. The molecular weight excluding hydrogens is 680 g/mol. The maximum Gasteiger partial charge on any atom is 0.338 e. The summed E-state index contributed by atoms with van der Waals surface area (Å²) in [4.78, 5) is 45.4. The number of hydrogen-bond donors (Lipinski definition) is 0. The number of cyclic esters (lactones) is 1. The highest BCUT2D eigenvalue weighted by Crippen LogP contribution is 2.39. The fraction of sp³-hybridized carbons (Fsp3) is 0.703. The van der Waals surface area contributed by atoms with Crippen molar-refractivity contribution in [3.05, 3.63) is 48.0 Å². The first-order valence-electron chi connectivity index (χ1n) is 17.4. The average molecular weight is 739 g/mol. The summed E-state index contributed by atoms with van der Waals surface area (Å²) < 4.78 is 59.1. The third kappa shape index (κ3) is 11.4. The molecule has 2 aliphatic heterocycles. The molecule has 0 unspecified atom stereocenters. The molecule has 0 saturated carbocycles. The minimum atomic E-state index is -3.64. The van der Waals surface area contributed by atoms with Crippen molar-refractivity contribution in [2.75, 3.05) is 54.3 Å². The van der Waals surface area contributed by atoms with Crippen molar-refractivity contribution >= 4 is 27.8 Å². The Labute approximate surface area is 304 Å². The Morgan fingerprint density at radius 2 is 1.75 bits per heavy atom. The van der Waals surface area contributed by atoms with Crippen LogP contribution in [0.5, 0.6) is 0 Å². The van der Waals surface area contributed by atoms with Gasteiger partial charge in [0.1, 0.15) is 12.0 Å². The molecule has 2 heterocycles. The molecule has 13 nitrogen and oxygen atoms in total. The first kappa shape index (κ1) is 42.7. The van der Waals surface area contributed by atoms with Crippen LogP contribution in [0, 0.1) is 17.3 Å². The van der Waals surface area contributed by atoms with E-state index >= 15 is 0 Å². The molecule has 1 aromatic rings. The van der Waals surface area contributed by atoms with Gasteiger partial charge in [0.25, 0.3) is 10.1 Å². The van der Waals surface area contributed by atoms with Gasteiger partial charge in [-0.2, -0.15) is 8.42 Å². The molecule has 0 N–H and O–H groups in total. The quantitative estimate of drug-likeness (QED) is 0.149. The van der Waals surface area contributed by atoms with Crippen LogP contribution in [-0.4, -0.2) is 132 Å². The van der Waals surface area contributed by atoms with Crippen LogP contribution in [-0.2, 0) is 47.6 Å². The van der Waals surface area contributed by atoms with Gasteiger partial charge in [-0.25, -0.2) is 4.79 Å². The van der Waals surface area contributed by atoms with Crippen LogP contribution in [0.1, 0.15) is 64.7 Å². The van der Waals surface area contributed by atoms with E-state index in [-0.39, 0.29) is 31.3 Å². The van der Waals surface area contributed by atoms with Crippen LogP contribution in [0.3, 0.4) is 0 Å². The zero-order chi connectivity index (χ0) is 38.3. The maximum atomic E-state index is 14.4. The summed E-state index contributed by atoms with van der Waals surface area (Å²) in [5, 5.41) is 0. The molecule has 0 bridgehead atoms. The van der Waals surface area contributed by atoms with Gasteiger partial charge in [-0.3, -0.25) is 18.7 Å². The van der Waals surface area contributed by atoms with Gasteiger partial charge < -0.3 is 28.6 Å². The number of nitrogens with zero attached hydrogens (tertiary/aromatic N) is 2.